The third kappa shape index (κ3) is 3.77. The lowest BCUT2D eigenvalue weighted by Gasteiger charge is -2.27. The van der Waals surface area contributed by atoms with Gasteiger partial charge < -0.3 is 4.90 Å². The van der Waals surface area contributed by atoms with E-state index in [1.807, 2.05) is 0 Å². The minimum Gasteiger partial charge on any atom is -0.341 e. The van der Waals surface area contributed by atoms with Gasteiger partial charge in [-0.2, -0.15) is 18.3 Å². The Labute approximate surface area is 169 Å². The lowest BCUT2D eigenvalue weighted by atomic mass is 10.0. The molecule has 0 saturated carbocycles. The molecule has 4 heterocycles. The van der Waals surface area contributed by atoms with E-state index in [0.29, 0.717) is 37.3 Å². The summed E-state index contributed by atoms with van der Waals surface area (Å²) in [6.07, 6.45) is 0.186. The molecule has 1 fully saturated rings. The number of nitrogens with zero attached hydrogens (tertiary/aromatic N) is 5. The molecule has 1 unspecified atom stereocenters. The molecule has 7 nitrogen and oxygen atoms in total. The number of hydrogen-bond acceptors (Lipinski definition) is 4. The van der Waals surface area contributed by atoms with Gasteiger partial charge in [0, 0.05) is 25.7 Å². The van der Waals surface area contributed by atoms with Gasteiger partial charge in [-0.3, -0.25) is 9.36 Å². The average Bonchev–Trinajstić information content (AvgIpc) is 3.29. The molecule has 1 saturated heterocycles. The van der Waals surface area contributed by atoms with Crippen molar-refractivity contribution in [2.45, 2.75) is 50.9 Å². The van der Waals surface area contributed by atoms with Gasteiger partial charge in [0.05, 0.1) is 11.6 Å². The highest BCUT2D eigenvalue weighted by Crippen LogP contribution is 2.33. The SMILES string of the molecule is O=C(C1CCCc2nn(Cc3cnc(C(F)(F)F)c(Cl)c3)c(=O)n21)N1CCCC1. The Morgan fingerprint density at radius 3 is 2.62 bits per heavy atom. The van der Waals surface area contributed by atoms with E-state index in [1.54, 1.807) is 4.90 Å². The van der Waals surface area contributed by atoms with Crippen LogP contribution in [0.25, 0.3) is 0 Å². The molecule has 0 bridgehead atoms. The smallest absolute Gasteiger partial charge is 0.341 e. The number of halogens is 4. The number of carbonyl (C=O) groups is 1. The zero-order valence-electron chi connectivity index (χ0n) is 15.5. The van der Waals surface area contributed by atoms with Crippen molar-refractivity contribution in [1.82, 2.24) is 24.2 Å². The zero-order valence-corrected chi connectivity index (χ0v) is 16.2. The van der Waals surface area contributed by atoms with Gasteiger partial charge in [-0.05, 0) is 37.3 Å². The van der Waals surface area contributed by atoms with Gasteiger partial charge in [0.2, 0.25) is 5.91 Å². The van der Waals surface area contributed by atoms with E-state index in [1.165, 1.54) is 4.57 Å². The second kappa shape index (κ2) is 7.47. The Morgan fingerprint density at radius 2 is 1.97 bits per heavy atom. The fourth-order valence-corrected chi connectivity index (χ4v) is 4.26. The van der Waals surface area contributed by atoms with Gasteiger partial charge in [-0.15, -0.1) is 0 Å². The molecule has 2 aromatic heterocycles. The van der Waals surface area contributed by atoms with Crippen LogP contribution < -0.4 is 5.69 Å². The summed E-state index contributed by atoms with van der Waals surface area (Å²) in [5.74, 6) is 0.453. The lowest BCUT2D eigenvalue weighted by molar-refractivity contribution is -0.141. The van der Waals surface area contributed by atoms with E-state index in [9.17, 15) is 22.8 Å². The quantitative estimate of drug-likeness (QED) is 0.752. The van der Waals surface area contributed by atoms with Crippen LogP contribution in [0.5, 0.6) is 0 Å². The van der Waals surface area contributed by atoms with Crippen LogP contribution in [-0.4, -0.2) is 43.2 Å². The van der Waals surface area contributed by atoms with Crippen LogP contribution >= 0.6 is 11.6 Å². The first-order chi connectivity index (χ1) is 13.8. The minimum absolute atomic E-state index is 0.0654. The van der Waals surface area contributed by atoms with Crippen LogP contribution in [0.4, 0.5) is 13.2 Å². The Morgan fingerprint density at radius 1 is 1.24 bits per heavy atom. The third-order valence-corrected chi connectivity index (χ3v) is 5.62. The monoisotopic (exact) mass is 429 g/mol. The summed E-state index contributed by atoms with van der Waals surface area (Å²) in [6, 6.07) is 0.557. The van der Waals surface area contributed by atoms with Crippen molar-refractivity contribution in [1.29, 1.82) is 0 Å². The van der Waals surface area contributed by atoms with E-state index in [2.05, 4.69) is 10.1 Å². The molecule has 156 valence electrons. The highest BCUT2D eigenvalue weighted by atomic mass is 35.5. The number of carbonyl (C=O) groups excluding carboxylic acids is 1. The van der Waals surface area contributed by atoms with E-state index in [4.69, 9.17) is 11.6 Å². The maximum Gasteiger partial charge on any atom is 0.434 e. The van der Waals surface area contributed by atoms with E-state index >= 15 is 0 Å². The second-order valence-corrected chi connectivity index (χ2v) is 7.75. The highest BCUT2D eigenvalue weighted by molar-refractivity contribution is 6.31. The van der Waals surface area contributed by atoms with Gasteiger partial charge in [0.25, 0.3) is 0 Å². The minimum atomic E-state index is -4.65. The number of rotatable bonds is 3. The van der Waals surface area contributed by atoms with Crippen molar-refractivity contribution < 1.29 is 18.0 Å². The van der Waals surface area contributed by atoms with E-state index in [0.717, 1.165) is 36.2 Å². The molecule has 0 aromatic carbocycles. The molecule has 0 spiro atoms. The van der Waals surface area contributed by atoms with Crippen LogP contribution in [0.15, 0.2) is 17.1 Å². The number of likely N-dealkylation sites (tertiary alicyclic amines) is 1. The first-order valence-electron chi connectivity index (χ1n) is 9.44. The van der Waals surface area contributed by atoms with Crippen LogP contribution in [0.3, 0.4) is 0 Å². The van der Waals surface area contributed by atoms with Crippen LogP contribution in [-0.2, 0) is 23.9 Å². The Hall–Kier alpha value is -2.36. The molecular formula is C18H19ClF3N5O2. The average molecular weight is 430 g/mol. The zero-order chi connectivity index (χ0) is 20.8. The number of amides is 1. The van der Waals surface area contributed by atoms with Gasteiger partial charge >= 0.3 is 11.9 Å². The molecule has 29 heavy (non-hydrogen) atoms. The van der Waals surface area contributed by atoms with Crippen molar-refractivity contribution in [2.75, 3.05) is 13.1 Å². The molecule has 1 atom stereocenters. The van der Waals surface area contributed by atoms with Gasteiger partial charge in [-0.1, -0.05) is 11.6 Å². The first kappa shape index (κ1) is 19.9. The Balaban J connectivity index is 1.62. The van der Waals surface area contributed by atoms with Crippen molar-refractivity contribution in [3.63, 3.8) is 0 Å². The highest BCUT2D eigenvalue weighted by Gasteiger charge is 2.36. The standard InChI is InChI=1S/C18H19ClF3N5O2/c19-12-8-11(9-23-15(12)18(20,21)22)10-26-17(29)27-13(4-3-5-14(27)24-26)16(28)25-6-1-2-7-25/h8-9,13H,1-7,10H2. The number of alkyl halides is 3. The topological polar surface area (TPSA) is 73.0 Å². The van der Waals surface area contributed by atoms with Gasteiger partial charge in [0.15, 0.2) is 5.69 Å². The number of hydrogen-bond donors (Lipinski definition) is 0. The molecule has 11 heteroatoms. The molecule has 0 radical (unpaired) electrons. The third-order valence-electron chi connectivity index (χ3n) is 5.33. The number of fused-ring (bicyclic) bond motifs is 1. The van der Waals surface area contributed by atoms with E-state index < -0.39 is 28.6 Å². The van der Waals surface area contributed by atoms with Crippen LogP contribution in [0.2, 0.25) is 5.02 Å². The number of pyridine rings is 1. The molecule has 2 aliphatic heterocycles. The van der Waals surface area contributed by atoms with Crippen molar-refractivity contribution >= 4 is 17.5 Å². The number of aromatic nitrogens is 4. The van der Waals surface area contributed by atoms with E-state index in [-0.39, 0.29) is 12.5 Å². The summed E-state index contributed by atoms with van der Waals surface area (Å²) in [5.41, 5.74) is -1.30. The molecular weight excluding hydrogens is 411 g/mol. The molecule has 2 aliphatic rings. The molecule has 0 N–H and O–H groups in total. The summed E-state index contributed by atoms with van der Waals surface area (Å²) < 4.78 is 41.0. The molecule has 0 aliphatic carbocycles. The summed E-state index contributed by atoms with van der Waals surface area (Å²) in [5, 5.41) is 3.78. The van der Waals surface area contributed by atoms with Gasteiger partial charge in [0.1, 0.15) is 11.9 Å². The Kier molecular flexibility index (Phi) is 5.14. The lowest BCUT2D eigenvalue weighted by Crippen LogP contribution is -2.41. The van der Waals surface area contributed by atoms with Crippen molar-refractivity contribution in [3.8, 4) is 0 Å². The largest absolute Gasteiger partial charge is 0.434 e. The fraction of sp³-hybridized carbons (Fsp3) is 0.556. The maximum atomic E-state index is 12.9. The predicted molar refractivity (Wildman–Crippen MR) is 97.6 cm³/mol. The second-order valence-electron chi connectivity index (χ2n) is 7.34. The predicted octanol–water partition coefficient (Wildman–Crippen LogP) is 2.66. The van der Waals surface area contributed by atoms with Crippen LogP contribution in [0.1, 0.15) is 48.8 Å². The summed E-state index contributed by atoms with van der Waals surface area (Å²) in [4.78, 5) is 30.9. The Bertz CT molecular complexity index is 994. The summed E-state index contributed by atoms with van der Waals surface area (Å²) in [7, 11) is 0. The van der Waals surface area contributed by atoms with Crippen LogP contribution in [0, 0.1) is 0 Å². The number of aryl methyl sites for hydroxylation is 1. The summed E-state index contributed by atoms with van der Waals surface area (Å²) in [6.45, 7) is 1.32. The molecule has 4 rings (SSSR count). The fourth-order valence-electron chi connectivity index (χ4n) is 3.96. The first-order valence-corrected chi connectivity index (χ1v) is 9.82. The normalized spacial score (nSPS) is 19.4. The van der Waals surface area contributed by atoms with Gasteiger partial charge in [-0.25, -0.2) is 14.5 Å². The van der Waals surface area contributed by atoms with Crippen molar-refractivity contribution in [3.05, 3.63) is 44.9 Å². The molecule has 2 aromatic rings. The molecule has 1 amide bonds. The van der Waals surface area contributed by atoms with Crippen molar-refractivity contribution in [2.24, 2.45) is 0 Å². The maximum absolute atomic E-state index is 12.9. The summed E-state index contributed by atoms with van der Waals surface area (Å²) >= 11 is 5.71.